The third-order valence-electron chi connectivity index (χ3n) is 1.64. The molecule has 0 atom stereocenters. The molecule has 0 aromatic rings. The van der Waals surface area contributed by atoms with Crippen LogP contribution in [0.5, 0.6) is 0 Å². The lowest BCUT2D eigenvalue weighted by Crippen LogP contribution is -1.97. The molecule has 0 aliphatic heterocycles. The van der Waals surface area contributed by atoms with Crippen molar-refractivity contribution >= 4 is 11.6 Å². The molecule has 0 saturated carbocycles. The number of rotatable bonds is 3. The van der Waals surface area contributed by atoms with Gasteiger partial charge < -0.3 is 4.74 Å². The van der Waals surface area contributed by atoms with Gasteiger partial charge in [0.05, 0.1) is 6.61 Å². The summed E-state index contributed by atoms with van der Waals surface area (Å²) in [5, 5.41) is 0.813. The fourth-order valence-electron chi connectivity index (χ4n) is 0.974. The average molecular weight is 185 g/mol. The van der Waals surface area contributed by atoms with Gasteiger partial charge in [-0.25, -0.2) is 0 Å². The van der Waals surface area contributed by atoms with E-state index in [2.05, 4.69) is 6.08 Å². The summed E-state index contributed by atoms with van der Waals surface area (Å²) < 4.78 is 5.27. The van der Waals surface area contributed by atoms with E-state index in [1.165, 1.54) is 0 Å². The van der Waals surface area contributed by atoms with Crippen molar-refractivity contribution in [3.63, 3.8) is 0 Å². The van der Waals surface area contributed by atoms with E-state index in [-0.39, 0.29) is 0 Å². The number of ether oxygens (including phenoxy) is 1. The molecule has 0 bridgehead atoms. The third kappa shape index (κ3) is 2.84. The second kappa shape index (κ2) is 5.18. The lowest BCUT2D eigenvalue weighted by Gasteiger charge is -2.04. The van der Waals surface area contributed by atoms with Gasteiger partial charge in [-0.05, 0) is 18.9 Å². The van der Waals surface area contributed by atoms with Crippen molar-refractivity contribution in [1.29, 1.82) is 0 Å². The van der Waals surface area contributed by atoms with E-state index < -0.39 is 0 Å². The van der Waals surface area contributed by atoms with E-state index in [4.69, 9.17) is 16.3 Å². The second-order valence-corrected chi connectivity index (χ2v) is 2.95. The molecule has 12 heavy (non-hydrogen) atoms. The van der Waals surface area contributed by atoms with E-state index in [1.54, 1.807) is 0 Å². The summed E-state index contributed by atoms with van der Waals surface area (Å²) in [5.74, 6) is 0. The van der Waals surface area contributed by atoms with Gasteiger partial charge in [0.25, 0.3) is 0 Å². The van der Waals surface area contributed by atoms with Gasteiger partial charge in [0.15, 0.2) is 0 Å². The van der Waals surface area contributed by atoms with Gasteiger partial charge in [0, 0.05) is 11.6 Å². The highest BCUT2D eigenvalue weighted by Crippen LogP contribution is 2.18. The minimum Gasteiger partial charge on any atom is -0.377 e. The molecule has 66 valence electrons. The van der Waals surface area contributed by atoms with Crippen molar-refractivity contribution in [2.75, 3.05) is 13.2 Å². The zero-order valence-corrected chi connectivity index (χ0v) is 7.97. The van der Waals surface area contributed by atoms with Crippen LogP contribution in [0.2, 0.25) is 0 Å². The van der Waals surface area contributed by atoms with Crippen molar-refractivity contribution in [2.24, 2.45) is 0 Å². The van der Waals surface area contributed by atoms with Crippen LogP contribution < -0.4 is 0 Å². The lowest BCUT2D eigenvalue weighted by molar-refractivity contribution is 0.172. The van der Waals surface area contributed by atoms with Gasteiger partial charge in [-0.1, -0.05) is 35.9 Å². The molecule has 0 saturated heterocycles. The van der Waals surface area contributed by atoms with Gasteiger partial charge in [-0.2, -0.15) is 0 Å². The average Bonchev–Trinajstić information content (AvgIpc) is 2.27. The number of halogens is 1. The molecule has 2 heteroatoms. The molecule has 0 radical (unpaired) electrons. The molecule has 0 fully saturated rings. The first-order chi connectivity index (χ1) is 5.84. The summed E-state index contributed by atoms with van der Waals surface area (Å²) in [4.78, 5) is 0. The predicted octanol–water partition coefficient (Wildman–Crippen LogP) is 3.03. The summed E-state index contributed by atoms with van der Waals surface area (Å²) >= 11 is 6.00. The zero-order valence-electron chi connectivity index (χ0n) is 7.22. The molecule has 0 unspecified atom stereocenters. The van der Waals surface area contributed by atoms with Gasteiger partial charge in [0.1, 0.15) is 0 Å². The smallest absolute Gasteiger partial charge is 0.0731 e. The van der Waals surface area contributed by atoms with Gasteiger partial charge in [0.2, 0.25) is 0 Å². The van der Waals surface area contributed by atoms with Gasteiger partial charge in [-0.15, -0.1) is 0 Å². The third-order valence-corrected chi connectivity index (χ3v) is 2.03. The van der Waals surface area contributed by atoms with Crippen LogP contribution >= 0.6 is 11.6 Å². The van der Waals surface area contributed by atoms with Crippen LogP contribution in [0.25, 0.3) is 0 Å². The standard InChI is InChI=1S/C10H13ClO/c1-2-12-8-9-6-4-3-5-7-10(9)11/h3-4,6-7H,2,5,8H2,1H3. The summed E-state index contributed by atoms with van der Waals surface area (Å²) in [6.07, 6.45) is 8.99. The Morgan fingerprint density at radius 1 is 1.58 bits per heavy atom. The largest absolute Gasteiger partial charge is 0.377 e. The molecule has 0 heterocycles. The Balaban J connectivity index is 2.58. The Labute approximate surface area is 78.4 Å². The topological polar surface area (TPSA) is 9.23 Å². The first kappa shape index (κ1) is 9.56. The Morgan fingerprint density at radius 3 is 3.17 bits per heavy atom. The Hall–Kier alpha value is -0.530. The highest BCUT2D eigenvalue weighted by Gasteiger charge is 2.02. The molecule has 1 aliphatic carbocycles. The van der Waals surface area contributed by atoms with Crippen LogP contribution in [0.1, 0.15) is 13.3 Å². The summed E-state index contributed by atoms with van der Waals surface area (Å²) in [7, 11) is 0. The SMILES string of the molecule is CCOCC1=CC=CCC=C1Cl. The monoisotopic (exact) mass is 184 g/mol. The first-order valence-corrected chi connectivity index (χ1v) is 4.52. The second-order valence-electron chi connectivity index (χ2n) is 2.54. The number of hydrogen-bond acceptors (Lipinski definition) is 1. The van der Waals surface area contributed by atoms with Crippen molar-refractivity contribution in [3.8, 4) is 0 Å². The molecule has 1 rings (SSSR count). The molecule has 0 aromatic heterocycles. The molecular formula is C10H13ClO. The van der Waals surface area contributed by atoms with E-state index in [9.17, 15) is 0 Å². The Bertz CT molecular complexity index is 226. The molecule has 0 aromatic carbocycles. The molecular weight excluding hydrogens is 172 g/mol. The number of hydrogen-bond donors (Lipinski definition) is 0. The highest BCUT2D eigenvalue weighted by molar-refractivity contribution is 6.32. The van der Waals surface area contributed by atoms with Crippen LogP contribution in [0, 0.1) is 0 Å². The summed E-state index contributed by atoms with van der Waals surface area (Å²) in [5.41, 5.74) is 1.06. The minimum atomic E-state index is 0.607. The number of allylic oxidation sites excluding steroid dienone is 4. The predicted molar refractivity (Wildman–Crippen MR) is 52.3 cm³/mol. The van der Waals surface area contributed by atoms with Crippen LogP contribution in [0.4, 0.5) is 0 Å². The normalized spacial score (nSPS) is 16.8. The van der Waals surface area contributed by atoms with E-state index in [0.717, 1.165) is 23.6 Å². The lowest BCUT2D eigenvalue weighted by atomic mass is 10.2. The van der Waals surface area contributed by atoms with Crippen molar-refractivity contribution in [1.82, 2.24) is 0 Å². The highest BCUT2D eigenvalue weighted by atomic mass is 35.5. The van der Waals surface area contributed by atoms with E-state index in [0.29, 0.717) is 6.61 Å². The summed E-state index contributed by atoms with van der Waals surface area (Å²) in [6, 6.07) is 0. The van der Waals surface area contributed by atoms with Crippen molar-refractivity contribution < 1.29 is 4.74 Å². The first-order valence-electron chi connectivity index (χ1n) is 4.14. The van der Waals surface area contributed by atoms with Crippen LogP contribution in [0.15, 0.2) is 34.9 Å². The quantitative estimate of drug-likeness (QED) is 0.655. The van der Waals surface area contributed by atoms with E-state index in [1.807, 2.05) is 25.2 Å². The maximum Gasteiger partial charge on any atom is 0.0731 e. The van der Waals surface area contributed by atoms with Crippen LogP contribution in [-0.4, -0.2) is 13.2 Å². The zero-order chi connectivity index (χ0) is 8.81. The fraction of sp³-hybridized carbons (Fsp3) is 0.400. The molecule has 0 spiro atoms. The van der Waals surface area contributed by atoms with Gasteiger partial charge >= 0.3 is 0 Å². The van der Waals surface area contributed by atoms with Crippen LogP contribution in [0.3, 0.4) is 0 Å². The molecule has 1 nitrogen and oxygen atoms in total. The maximum absolute atomic E-state index is 6.00. The maximum atomic E-state index is 6.00. The minimum absolute atomic E-state index is 0.607. The summed E-state index contributed by atoms with van der Waals surface area (Å²) in [6.45, 7) is 3.31. The van der Waals surface area contributed by atoms with Crippen molar-refractivity contribution in [2.45, 2.75) is 13.3 Å². The van der Waals surface area contributed by atoms with E-state index >= 15 is 0 Å². The fourth-order valence-corrected chi connectivity index (χ4v) is 1.18. The molecule has 0 amide bonds. The van der Waals surface area contributed by atoms with Crippen LogP contribution in [-0.2, 0) is 4.74 Å². The molecule has 1 aliphatic rings. The molecule has 0 N–H and O–H groups in total. The van der Waals surface area contributed by atoms with Crippen molar-refractivity contribution in [3.05, 3.63) is 34.9 Å². The Morgan fingerprint density at radius 2 is 2.42 bits per heavy atom. The van der Waals surface area contributed by atoms with Gasteiger partial charge in [-0.3, -0.25) is 0 Å². The Kier molecular flexibility index (Phi) is 4.12.